The molecule has 1 aromatic heterocycles. The van der Waals surface area contributed by atoms with Gasteiger partial charge in [-0.25, -0.2) is 4.98 Å². The van der Waals surface area contributed by atoms with E-state index in [4.69, 9.17) is 9.41 Å². The van der Waals surface area contributed by atoms with E-state index in [1.807, 2.05) is 19.9 Å². The van der Waals surface area contributed by atoms with E-state index in [1.165, 1.54) is 12.8 Å². The van der Waals surface area contributed by atoms with E-state index < -0.39 is 0 Å². The molecule has 0 saturated carbocycles. The van der Waals surface area contributed by atoms with Gasteiger partial charge in [0.2, 0.25) is 5.89 Å². The van der Waals surface area contributed by atoms with E-state index in [0.717, 1.165) is 75.4 Å². The highest BCUT2D eigenvalue weighted by atomic mass is 127. The van der Waals surface area contributed by atoms with E-state index in [1.54, 1.807) is 0 Å². The number of hydrogen-bond donors (Lipinski definition) is 1. The number of nitrogens with one attached hydrogen (secondary N) is 1. The summed E-state index contributed by atoms with van der Waals surface area (Å²) >= 11 is 0. The van der Waals surface area contributed by atoms with Gasteiger partial charge in [-0.15, -0.1) is 30.6 Å². The zero-order valence-electron chi connectivity index (χ0n) is 18.0. The van der Waals surface area contributed by atoms with Crippen LogP contribution in [0.4, 0.5) is 0 Å². The van der Waals surface area contributed by atoms with E-state index in [0.29, 0.717) is 5.92 Å². The molecule has 0 unspecified atom stereocenters. The monoisotopic (exact) mass is 503 g/mol. The molecule has 7 heteroatoms. The first-order chi connectivity index (χ1) is 13.0. The van der Waals surface area contributed by atoms with Gasteiger partial charge < -0.3 is 14.6 Å². The molecule has 0 radical (unpaired) electrons. The van der Waals surface area contributed by atoms with Crippen LogP contribution in [0.1, 0.15) is 50.0 Å². The second-order valence-corrected chi connectivity index (χ2v) is 7.52. The van der Waals surface area contributed by atoms with E-state index in [9.17, 15) is 0 Å². The van der Waals surface area contributed by atoms with Crippen LogP contribution in [0.3, 0.4) is 0 Å². The Morgan fingerprint density at radius 3 is 2.68 bits per heavy atom. The fraction of sp³-hybridized carbons (Fsp3) is 0.714. The van der Waals surface area contributed by atoms with Crippen molar-refractivity contribution in [2.24, 2.45) is 10.9 Å². The van der Waals surface area contributed by atoms with Gasteiger partial charge in [-0.3, -0.25) is 9.89 Å². The second-order valence-electron chi connectivity index (χ2n) is 7.52. The average molecular weight is 503 g/mol. The summed E-state index contributed by atoms with van der Waals surface area (Å²) in [5, 5.41) is 3.42. The van der Waals surface area contributed by atoms with Gasteiger partial charge >= 0.3 is 0 Å². The number of guanidine groups is 1. The van der Waals surface area contributed by atoms with Gasteiger partial charge in [0.25, 0.3) is 0 Å². The van der Waals surface area contributed by atoms with Gasteiger partial charge in [0.05, 0.1) is 12.2 Å². The number of likely N-dealkylation sites (tertiary alicyclic amines) is 1. The number of hydrogen-bond acceptors (Lipinski definition) is 4. The zero-order chi connectivity index (χ0) is 19.6. The summed E-state index contributed by atoms with van der Waals surface area (Å²) in [4.78, 5) is 14.1. The fourth-order valence-electron chi connectivity index (χ4n) is 3.39. The Morgan fingerprint density at radius 2 is 2.11 bits per heavy atom. The van der Waals surface area contributed by atoms with Gasteiger partial charge in [0.1, 0.15) is 5.76 Å². The van der Waals surface area contributed by atoms with Crippen molar-refractivity contribution in [2.75, 3.05) is 39.8 Å². The van der Waals surface area contributed by atoms with Crippen LogP contribution in [0.15, 0.2) is 22.1 Å². The second kappa shape index (κ2) is 13.2. The third-order valence-corrected chi connectivity index (χ3v) is 5.24. The summed E-state index contributed by atoms with van der Waals surface area (Å²) < 4.78 is 5.72. The van der Waals surface area contributed by atoms with Crippen molar-refractivity contribution in [1.29, 1.82) is 0 Å². The smallest absolute Gasteiger partial charge is 0.208 e. The maximum atomic E-state index is 5.72. The van der Waals surface area contributed by atoms with Crippen LogP contribution in [0, 0.1) is 19.8 Å². The highest BCUT2D eigenvalue weighted by molar-refractivity contribution is 14.0. The normalized spacial score (nSPS) is 15.9. The Bertz CT molecular complexity index is 588. The quantitative estimate of drug-likeness (QED) is 0.182. The summed E-state index contributed by atoms with van der Waals surface area (Å²) in [6, 6.07) is 0. The average Bonchev–Trinajstić information content (AvgIpc) is 2.97. The van der Waals surface area contributed by atoms with E-state index in [-0.39, 0.29) is 24.0 Å². The molecule has 0 aliphatic carbocycles. The molecule has 160 valence electrons. The van der Waals surface area contributed by atoms with E-state index >= 15 is 0 Å². The molecule has 1 aliphatic rings. The first-order valence-electron chi connectivity index (χ1n) is 10.3. The third kappa shape index (κ3) is 8.11. The lowest BCUT2D eigenvalue weighted by Crippen LogP contribution is -2.40. The number of aryl methyl sites for hydroxylation is 2. The predicted octanol–water partition coefficient (Wildman–Crippen LogP) is 3.98. The highest BCUT2D eigenvalue weighted by Gasteiger charge is 2.21. The lowest BCUT2D eigenvalue weighted by atomic mass is 9.97. The molecule has 1 aromatic rings. The molecule has 1 N–H and O–H groups in total. The molecule has 1 aliphatic heterocycles. The van der Waals surface area contributed by atoms with Crippen LogP contribution in [0.25, 0.3) is 0 Å². The van der Waals surface area contributed by atoms with Crippen LogP contribution in [-0.2, 0) is 6.54 Å². The number of piperidine rings is 1. The molecule has 0 bridgehead atoms. The number of nitrogens with zero attached hydrogens (tertiary/aromatic N) is 4. The Kier molecular flexibility index (Phi) is 11.8. The van der Waals surface area contributed by atoms with Crippen molar-refractivity contribution in [1.82, 2.24) is 20.1 Å². The van der Waals surface area contributed by atoms with Gasteiger partial charge in [0, 0.05) is 26.7 Å². The number of halogens is 1. The molecular weight excluding hydrogens is 465 g/mol. The van der Waals surface area contributed by atoms with Crippen molar-refractivity contribution in [3.8, 4) is 0 Å². The number of allylic oxidation sites excluding steroid dienone is 1. The number of rotatable bonds is 9. The standard InChI is InChI=1S/C21H37N5O.HI/c1-6-8-9-12-25(5)21(22-7-2)23-15-19-10-13-26(14-11-19)16-20-24-17(3)18(4)27-20;/h6,19H,1,7-16H2,2-5H3,(H,22,23);1H. The number of oxazole rings is 1. The first kappa shape index (κ1) is 24.9. The Balaban J connectivity index is 0.00000392. The summed E-state index contributed by atoms with van der Waals surface area (Å²) in [7, 11) is 2.12. The third-order valence-electron chi connectivity index (χ3n) is 5.24. The maximum Gasteiger partial charge on any atom is 0.208 e. The minimum atomic E-state index is 0. The molecule has 2 rings (SSSR count). The van der Waals surface area contributed by atoms with Crippen LogP contribution in [0.2, 0.25) is 0 Å². The SMILES string of the molecule is C=CCCCN(C)C(=NCC1CCN(Cc2nc(C)c(C)o2)CC1)NCC.I. The van der Waals surface area contributed by atoms with Crippen molar-refractivity contribution in [3.05, 3.63) is 30.0 Å². The summed E-state index contributed by atoms with van der Waals surface area (Å²) in [6.45, 7) is 15.7. The molecule has 0 atom stereocenters. The Hall–Kier alpha value is -1.09. The fourth-order valence-corrected chi connectivity index (χ4v) is 3.39. The largest absolute Gasteiger partial charge is 0.444 e. The molecule has 1 saturated heterocycles. The van der Waals surface area contributed by atoms with Gasteiger partial charge in [0.15, 0.2) is 5.96 Å². The molecule has 2 heterocycles. The Labute approximate surface area is 187 Å². The summed E-state index contributed by atoms with van der Waals surface area (Å²) in [5.41, 5.74) is 1.00. The number of unbranched alkanes of at least 4 members (excludes halogenated alkanes) is 1. The molecule has 1 fully saturated rings. The van der Waals surface area contributed by atoms with Crippen molar-refractivity contribution >= 4 is 29.9 Å². The summed E-state index contributed by atoms with van der Waals surface area (Å²) in [5.74, 6) is 3.46. The van der Waals surface area contributed by atoms with Crippen LogP contribution < -0.4 is 5.32 Å². The van der Waals surface area contributed by atoms with Crippen molar-refractivity contribution in [2.45, 2.75) is 53.0 Å². The molecular formula is C21H38IN5O. The Morgan fingerprint density at radius 1 is 1.39 bits per heavy atom. The van der Waals surface area contributed by atoms with Crippen LogP contribution in [-0.4, -0.2) is 60.5 Å². The molecule has 0 amide bonds. The minimum absolute atomic E-state index is 0. The van der Waals surface area contributed by atoms with Gasteiger partial charge in [-0.2, -0.15) is 0 Å². The van der Waals surface area contributed by atoms with Crippen molar-refractivity contribution < 1.29 is 4.42 Å². The van der Waals surface area contributed by atoms with E-state index in [2.05, 4.69) is 40.7 Å². The highest BCUT2D eigenvalue weighted by Crippen LogP contribution is 2.20. The van der Waals surface area contributed by atoms with Gasteiger partial charge in [-0.05, 0) is 65.5 Å². The number of aromatic nitrogens is 1. The van der Waals surface area contributed by atoms with Crippen LogP contribution in [0.5, 0.6) is 0 Å². The first-order valence-corrected chi connectivity index (χ1v) is 10.3. The topological polar surface area (TPSA) is 56.9 Å². The van der Waals surface area contributed by atoms with Crippen molar-refractivity contribution in [3.63, 3.8) is 0 Å². The maximum absolute atomic E-state index is 5.72. The molecule has 28 heavy (non-hydrogen) atoms. The molecule has 0 spiro atoms. The minimum Gasteiger partial charge on any atom is -0.444 e. The summed E-state index contributed by atoms with van der Waals surface area (Å²) in [6.07, 6.45) is 6.50. The molecule has 0 aromatic carbocycles. The predicted molar refractivity (Wildman–Crippen MR) is 127 cm³/mol. The lowest BCUT2D eigenvalue weighted by molar-refractivity contribution is 0.166. The van der Waals surface area contributed by atoms with Gasteiger partial charge in [-0.1, -0.05) is 6.08 Å². The number of aliphatic imine (C=N–C) groups is 1. The molecule has 6 nitrogen and oxygen atoms in total. The zero-order valence-corrected chi connectivity index (χ0v) is 20.4. The van der Waals surface area contributed by atoms with Crippen LogP contribution >= 0.6 is 24.0 Å². The lowest BCUT2D eigenvalue weighted by Gasteiger charge is -2.30.